The van der Waals surface area contributed by atoms with Crippen molar-refractivity contribution in [3.8, 4) is 0 Å². The van der Waals surface area contributed by atoms with Crippen LogP contribution in [0.15, 0.2) is 24.3 Å². The molecule has 1 aromatic heterocycles. The van der Waals surface area contributed by atoms with Crippen LogP contribution in [0.5, 0.6) is 0 Å². The number of nitrogens with zero attached hydrogens (tertiary/aromatic N) is 4. The molecule has 0 saturated heterocycles. The van der Waals surface area contributed by atoms with Crippen LogP contribution < -0.4 is 11.1 Å². The first-order valence-electron chi connectivity index (χ1n) is 9.58. The predicted octanol–water partition coefficient (Wildman–Crippen LogP) is 2.35. The van der Waals surface area contributed by atoms with E-state index in [9.17, 15) is 9.18 Å². The number of carbonyl (C=O) groups excluding carboxylic acids is 1. The third kappa shape index (κ3) is 5.48. The van der Waals surface area contributed by atoms with E-state index in [4.69, 9.17) is 5.73 Å². The molecule has 1 amide bonds. The highest BCUT2D eigenvalue weighted by Gasteiger charge is 2.29. The van der Waals surface area contributed by atoms with Gasteiger partial charge in [0.05, 0.1) is 0 Å². The molecule has 7 nitrogen and oxygen atoms in total. The molecule has 0 aliphatic heterocycles. The molecule has 3 N–H and O–H groups in total. The van der Waals surface area contributed by atoms with Crippen LogP contribution in [0.1, 0.15) is 49.5 Å². The maximum absolute atomic E-state index is 13.6. The Morgan fingerprint density at radius 1 is 1.36 bits per heavy atom. The van der Waals surface area contributed by atoms with E-state index in [1.807, 2.05) is 0 Å². The summed E-state index contributed by atoms with van der Waals surface area (Å²) in [6.45, 7) is 2.14. The van der Waals surface area contributed by atoms with Crippen molar-refractivity contribution >= 4 is 18.3 Å². The number of halogens is 2. The number of amides is 1. The highest BCUT2D eigenvalue weighted by atomic mass is 35.5. The minimum atomic E-state index is -0.653. The SMILES string of the molecule is Cc1nnnn1C(Cc1cccc(F)c1)C(=O)NC(CN)C1CCCCC1.Cl. The standard InChI is InChI=1S/C19H27FN6O.ClH/c1-13-23-24-25-26(13)18(11-14-6-5-9-16(20)10-14)19(27)22-17(12-21)15-7-3-2-4-8-15;/h5-6,9-10,15,17-18H,2-4,7-8,11-12,21H2,1H3,(H,22,27);1H. The average molecular weight is 411 g/mol. The van der Waals surface area contributed by atoms with Gasteiger partial charge in [0.25, 0.3) is 0 Å². The number of hydrogen-bond donors (Lipinski definition) is 2. The van der Waals surface area contributed by atoms with Gasteiger partial charge in [-0.3, -0.25) is 4.79 Å². The molecule has 2 aromatic rings. The molecule has 2 atom stereocenters. The van der Waals surface area contributed by atoms with Gasteiger partial charge in [-0.15, -0.1) is 17.5 Å². The van der Waals surface area contributed by atoms with Crippen LogP contribution >= 0.6 is 12.4 Å². The fourth-order valence-electron chi connectivity index (χ4n) is 3.89. The number of aryl methyl sites for hydroxylation is 1. The molecule has 1 aromatic carbocycles. The van der Waals surface area contributed by atoms with Gasteiger partial charge in [-0.1, -0.05) is 31.4 Å². The summed E-state index contributed by atoms with van der Waals surface area (Å²) in [5, 5.41) is 14.6. The topological polar surface area (TPSA) is 98.7 Å². The summed E-state index contributed by atoms with van der Waals surface area (Å²) >= 11 is 0. The van der Waals surface area contributed by atoms with Gasteiger partial charge in [0.2, 0.25) is 5.91 Å². The van der Waals surface area contributed by atoms with Gasteiger partial charge in [0, 0.05) is 19.0 Å². The zero-order valence-electron chi connectivity index (χ0n) is 16.1. The second-order valence-corrected chi connectivity index (χ2v) is 7.27. The van der Waals surface area contributed by atoms with Crippen molar-refractivity contribution in [3.63, 3.8) is 0 Å². The number of rotatable bonds is 7. The molecular weight excluding hydrogens is 383 g/mol. The second-order valence-electron chi connectivity index (χ2n) is 7.27. The van der Waals surface area contributed by atoms with Crippen molar-refractivity contribution in [1.29, 1.82) is 0 Å². The second kappa shape index (κ2) is 10.5. The predicted molar refractivity (Wildman–Crippen MR) is 107 cm³/mol. The summed E-state index contributed by atoms with van der Waals surface area (Å²) in [5.74, 6) is 0.420. The lowest BCUT2D eigenvalue weighted by molar-refractivity contribution is -0.125. The molecule has 0 bridgehead atoms. The molecule has 1 saturated carbocycles. The lowest BCUT2D eigenvalue weighted by atomic mass is 9.83. The number of nitrogens with one attached hydrogen (secondary N) is 1. The molecule has 1 heterocycles. The summed E-state index contributed by atoms with van der Waals surface area (Å²) in [4.78, 5) is 13.1. The first kappa shape index (κ1) is 22.2. The Morgan fingerprint density at radius 2 is 2.11 bits per heavy atom. The molecule has 9 heteroatoms. The molecule has 1 aliphatic carbocycles. The molecule has 0 spiro atoms. The summed E-state index contributed by atoms with van der Waals surface area (Å²) in [6, 6.07) is 5.53. The van der Waals surface area contributed by atoms with Crippen LogP contribution in [0, 0.1) is 18.7 Å². The van der Waals surface area contributed by atoms with Gasteiger partial charge in [-0.25, -0.2) is 9.07 Å². The Balaban J connectivity index is 0.00000280. The zero-order valence-corrected chi connectivity index (χ0v) is 16.9. The van der Waals surface area contributed by atoms with Gasteiger partial charge in [0.15, 0.2) is 0 Å². The molecule has 0 radical (unpaired) electrons. The Kier molecular flexibility index (Phi) is 8.32. The quantitative estimate of drug-likeness (QED) is 0.730. The lowest BCUT2D eigenvalue weighted by Gasteiger charge is -2.31. The summed E-state index contributed by atoms with van der Waals surface area (Å²) < 4.78 is 15.1. The van der Waals surface area contributed by atoms with Crippen molar-refractivity contribution in [3.05, 3.63) is 41.5 Å². The first-order valence-corrected chi connectivity index (χ1v) is 9.58. The maximum Gasteiger partial charge on any atom is 0.245 e. The molecule has 154 valence electrons. The molecule has 2 unspecified atom stereocenters. The van der Waals surface area contributed by atoms with Crippen LogP contribution in [0.3, 0.4) is 0 Å². The van der Waals surface area contributed by atoms with Gasteiger partial charge in [-0.05, 0) is 53.8 Å². The van der Waals surface area contributed by atoms with Crippen LogP contribution in [0.4, 0.5) is 4.39 Å². The van der Waals surface area contributed by atoms with Crippen molar-refractivity contribution in [2.24, 2.45) is 11.7 Å². The molecular formula is C19H28ClFN6O. The minimum absolute atomic E-state index is 0. The number of tetrazole rings is 1. The van der Waals surface area contributed by atoms with Crippen molar-refractivity contribution in [2.75, 3.05) is 6.54 Å². The maximum atomic E-state index is 13.6. The normalized spacial score (nSPS) is 16.8. The van der Waals surface area contributed by atoms with Crippen molar-refractivity contribution in [1.82, 2.24) is 25.5 Å². The number of hydrogen-bond acceptors (Lipinski definition) is 5. The Bertz CT molecular complexity index is 764. The Labute approximate surface area is 170 Å². The van der Waals surface area contributed by atoms with E-state index in [1.165, 1.54) is 36.1 Å². The van der Waals surface area contributed by atoms with E-state index in [1.54, 1.807) is 19.1 Å². The number of aromatic nitrogens is 4. The van der Waals surface area contributed by atoms with Crippen LogP contribution in [-0.4, -0.2) is 38.7 Å². The largest absolute Gasteiger partial charge is 0.350 e. The molecule has 1 aliphatic rings. The molecule has 28 heavy (non-hydrogen) atoms. The van der Waals surface area contributed by atoms with E-state index < -0.39 is 6.04 Å². The van der Waals surface area contributed by atoms with Crippen LogP contribution in [0.25, 0.3) is 0 Å². The number of nitrogens with two attached hydrogens (primary N) is 1. The average Bonchev–Trinajstić information content (AvgIpc) is 3.10. The van der Waals surface area contributed by atoms with Crippen LogP contribution in [-0.2, 0) is 11.2 Å². The van der Waals surface area contributed by atoms with Crippen molar-refractivity contribution in [2.45, 2.75) is 57.5 Å². The smallest absolute Gasteiger partial charge is 0.245 e. The number of benzene rings is 1. The van der Waals surface area contributed by atoms with Crippen LogP contribution in [0.2, 0.25) is 0 Å². The fourth-order valence-corrected chi connectivity index (χ4v) is 3.89. The van der Waals surface area contributed by atoms with E-state index in [-0.39, 0.29) is 30.2 Å². The van der Waals surface area contributed by atoms with Gasteiger partial charge in [-0.2, -0.15) is 0 Å². The molecule has 1 fully saturated rings. The minimum Gasteiger partial charge on any atom is -0.350 e. The Morgan fingerprint density at radius 3 is 2.71 bits per heavy atom. The van der Waals surface area contributed by atoms with Crippen molar-refractivity contribution < 1.29 is 9.18 Å². The first-order chi connectivity index (χ1) is 13.1. The number of carbonyl (C=O) groups is 1. The lowest BCUT2D eigenvalue weighted by Crippen LogP contribution is -2.48. The van der Waals surface area contributed by atoms with E-state index >= 15 is 0 Å². The van der Waals surface area contributed by atoms with E-state index in [0.29, 0.717) is 30.3 Å². The monoisotopic (exact) mass is 410 g/mol. The summed E-state index contributed by atoms with van der Waals surface area (Å²) in [7, 11) is 0. The summed E-state index contributed by atoms with van der Waals surface area (Å²) in [6.07, 6.45) is 6.07. The third-order valence-corrected chi connectivity index (χ3v) is 5.37. The summed E-state index contributed by atoms with van der Waals surface area (Å²) in [5.41, 5.74) is 6.68. The van der Waals surface area contributed by atoms with E-state index in [0.717, 1.165) is 12.8 Å². The fraction of sp³-hybridized carbons (Fsp3) is 0.579. The van der Waals surface area contributed by atoms with Gasteiger partial charge in [0.1, 0.15) is 17.7 Å². The third-order valence-electron chi connectivity index (χ3n) is 5.37. The van der Waals surface area contributed by atoms with E-state index in [2.05, 4.69) is 20.8 Å². The highest BCUT2D eigenvalue weighted by Crippen LogP contribution is 2.26. The zero-order chi connectivity index (χ0) is 19.2. The van der Waals surface area contributed by atoms with Gasteiger partial charge < -0.3 is 11.1 Å². The Hall–Kier alpha value is -2.06. The molecule has 3 rings (SSSR count). The van der Waals surface area contributed by atoms with Gasteiger partial charge >= 0.3 is 0 Å². The highest BCUT2D eigenvalue weighted by molar-refractivity contribution is 5.85.